The Morgan fingerprint density at radius 1 is 1.09 bits per heavy atom. The van der Waals surface area contributed by atoms with Crippen LogP contribution in [0.3, 0.4) is 0 Å². The van der Waals surface area contributed by atoms with Crippen LogP contribution < -0.4 is 10.6 Å². The van der Waals surface area contributed by atoms with Crippen LogP contribution in [0.1, 0.15) is 77.7 Å². The lowest BCUT2D eigenvalue weighted by molar-refractivity contribution is 0.0943. The van der Waals surface area contributed by atoms with Gasteiger partial charge >= 0.3 is 0 Å². The number of nitrogens with one attached hydrogen (secondary N) is 2. The highest BCUT2D eigenvalue weighted by molar-refractivity contribution is 7.17. The van der Waals surface area contributed by atoms with Crippen LogP contribution in [-0.2, 0) is 12.8 Å². The number of amides is 2. The molecule has 4 rings (SSSR count). The molecule has 0 radical (unpaired) electrons. The molecule has 2 amide bonds. The van der Waals surface area contributed by atoms with Gasteiger partial charge in [-0.3, -0.25) is 9.59 Å². The van der Waals surface area contributed by atoms with Gasteiger partial charge in [-0.2, -0.15) is 0 Å². The molecule has 168 valence electrons. The van der Waals surface area contributed by atoms with Crippen LogP contribution in [0, 0.1) is 0 Å². The summed E-state index contributed by atoms with van der Waals surface area (Å²) in [5.41, 5.74) is 2.95. The highest BCUT2D eigenvalue weighted by atomic mass is 32.1. The Kier molecular flexibility index (Phi) is 6.36. The van der Waals surface area contributed by atoms with E-state index in [1.807, 2.05) is 39.8 Å². The van der Waals surface area contributed by atoms with Crippen molar-refractivity contribution in [2.75, 3.05) is 5.32 Å². The number of nitrogens with zero attached hydrogens (tertiary/aromatic N) is 4. The molecule has 2 heterocycles. The van der Waals surface area contributed by atoms with E-state index < -0.39 is 0 Å². The fourth-order valence-corrected chi connectivity index (χ4v) is 5.22. The molecule has 2 N–H and O–H groups in total. The molecule has 2 aromatic heterocycles. The molecule has 1 aliphatic rings. The van der Waals surface area contributed by atoms with Gasteiger partial charge in [0, 0.05) is 22.0 Å². The Balaban J connectivity index is 1.64. The minimum absolute atomic E-state index is 0.0220. The number of carbonyl (C=O) groups is 2. The van der Waals surface area contributed by atoms with Crippen LogP contribution in [0.4, 0.5) is 5.00 Å². The van der Waals surface area contributed by atoms with Gasteiger partial charge < -0.3 is 10.6 Å². The van der Waals surface area contributed by atoms with Gasteiger partial charge in [0.05, 0.1) is 11.6 Å². The zero-order valence-electron chi connectivity index (χ0n) is 18.8. The van der Waals surface area contributed by atoms with Crippen LogP contribution in [0.15, 0.2) is 24.3 Å². The summed E-state index contributed by atoms with van der Waals surface area (Å²) in [7, 11) is 0. The second-order valence-electron chi connectivity index (χ2n) is 8.62. The first-order valence-electron chi connectivity index (χ1n) is 11.0. The lowest BCUT2D eigenvalue weighted by Gasteiger charge is -2.14. The number of tetrazole rings is 1. The Hall–Kier alpha value is -3.07. The number of aryl methyl sites for hydroxylation is 1. The number of hydrogen-bond acceptors (Lipinski definition) is 6. The van der Waals surface area contributed by atoms with Crippen molar-refractivity contribution < 1.29 is 9.59 Å². The molecule has 0 aliphatic heterocycles. The maximum atomic E-state index is 13.2. The lowest BCUT2D eigenvalue weighted by atomic mass is 9.95. The molecule has 0 atom stereocenters. The Morgan fingerprint density at radius 3 is 2.62 bits per heavy atom. The largest absolute Gasteiger partial charge is 0.350 e. The minimum atomic E-state index is -0.257. The van der Waals surface area contributed by atoms with E-state index in [-0.39, 0.29) is 23.9 Å². The van der Waals surface area contributed by atoms with Crippen molar-refractivity contribution >= 4 is 28.2 Å². The summed E-state index contributed by atoms with van der Waals surface area (Å²) >= 11 is 1.52. The molecule has 0 saturated carbocycles. The van der Waals surface area contributed by atoms with Gasteiger partial charge in [0.15, 0.2) is 5.82 Å². The molecule has 0 fully saturated rings. The van der Waals surface area contributed by atoms with E-state index in [0.29, 0.717) is 22.0 Å². The number of rotatable bonds is 6. The molecule has 0 spiro atoms. The maximum absolute atomic E-state index is 13.2. The fraction of sp³-hybridized carbons (Fsp3) is 0.435. The average molecular weight is 453 g/mol. The molecule has 0 unspecified atom stereocenters. The van der Waals surface area contributed by atoms with E-state index in [1.165, 1.54) is 16.2 Å². The number of hydrogen-bond donors (Lipinski definition) is 2. The standard InChI is InChI=1S/C23H28N6O2S/c1-13(2)24-22(31)19-17-10-5-6-11-18(17)32-23(19)25-21(30)16-9-7-8-15(12-16)20-26-27-28-29(20)14(3)4/h7-9,12-14H,5-6,10-11H2,1-4H3,(H,24,31)(H,25,30). The molecule has 1 aliphatic carbocycles. The van der Waals surface area contributed by atoms with Gasteiger partial charge in [0.2, 0.25) is 0 Å². The molecular formula is C23H28N6O2S. The van der Waals surface area contributed by atoms with Gasteiger partial charge in [-0.05, 0) is 81.5 Å². The van der Waals surface area contributed by atoms with Crippen LogP contribution in [-0.4, -0.2) is 38.1 Å². The minimum Gasteiger partial charge on any atom is -0.350 e. The molecular weight excluding hydrogens is 424 g/mol. The molecule has 0 saturated heterocycles. The quantitative estimate of drug-likeness (QED) is 0.582. The lowest BCUT2D eigenvalue weighted by Crippen LogP contribution is -2.31. The number of aromatic nitrogens is 4. The first-order chi connectivity index (χ1) is 15.3. The number of benzene rings is 1. The average Bonchev–Trinajstić information content (AvgIpc) is 3.38. The summed E-state index contributed by atoms with van der Waals surface area (Å²) in [6.45, 7) is 7.87. The highest BCUT2D eigenvalue weighted by Crippen LogP contribution is 2.38. The Bertz CT molecular complexity index is 1150. The van der Waals surface area contributed by atoms with E-state index in [9.17, 15) is 9.59 Å². The van der Waals surface area contributed by atoms with Crippen molar-refractivity contribution in [3.05, 3.63) is 45.8 Å². The van der Waals surface area contributed by atoms with Gasteiger partial charge in [-0.25, -0.2) is 4.68 Å². The Labute approximate surface area is 191 Å². The second kappa shape index (κ2) is 9.20. The SMILES string of the molecule is CC(C)NC(=O)c1c(NC(=O)c2cccc(-c3nnnn3C(C)C)c2)sc2c1CCCC2. The number of thiophene rings is 1. The first-order valence-corrected chi connectivity index (χ1v) is 11.8. The maximum Gasteiger partial charge on any atom is 0.256 e. The molecule has 32 heavy (non-hydrogen) atoms. The van der Waals surface area contributed by atoms with E-state index >= 15 is 0 Å². The molecule has 1 aromatic carbocycles. The van der Waals surface area contributed by atoms with Crippen LogP contribution in [0.25, 0.3) is 11.4 Å². The van der Waals surface area contributed by atoms with Crippen molar-refractivity contribution in [1.82, 2.24) is 25.5 Å². The second-order valence-corrected chi connectivity index (χ2v) is 9.72. The number of fused-ring (bicyclic) bond motifs is 1. The zero-order chi connectivity index (χ0) is 22.8. The summed E-state index contributed by atoms with van der Waals surface area (Å²) in [5, 5.41) is 18.5. The van der Waals surface area contributed by atoms with Crippen LogP contribution >= 0.6 is 11.3 Å². The summed E-state index contributed by atoms with van der Waals surface area (Å²) in [4.78, 5) is 27.3. The van der Waals surface area contributed by atoms with Crippen LogP contribution in [0.2, 0.25) is 0 Å². The van der Waals surface area contributed by atoms with Crippen LogP contribution in [0.5, 0.6) is 0 Å². The molecule has 8 nitrogen and oxygen atoms in total. The zero-order valence-corrected chi connectivity index (χ0v) is 19.6. The van der Waals surface area contributed by atoms with E-state index in [2.05, 4.69) is 26.2 Å². The highest BCUT2D eigenvalue weighted by Gasteiger charge is 2.27. The predicted octanol–water partition coefficient (Wildman–Crippen LogP) is 4.25. The van der Waals surface area contributed by atoms with Crippen molar-refractivity contribution in [2.45, 2.75) is 65.5 Å². The van der Waals surface area contributed by atoms with E-state index in [4.69, 9.17) is 0 Å². The predicted molar refractivity (Wildman–Crippen MR) is 125 cm³/mol. The summed E-state index contributed by atoms with van der Waals surface area (Å²) in [5.74, 6) is 0.227. The molecule has 0 bridgehead atoms. The normalized spacial score (nSPS) is 13.3. The van der Waals surface area contributed by atoms with Gasteiger partial charge in [0.25, 0.3) is 11.8 Å². The van der Waals surface area contributed by atoms with Crippen molar-refractivity contribution in [3.63, 3.8) is 0 Å². The first kappa shape index (κ1) is 22.1. The summed E-state index contributed by atoms with van der Waals surface area (Å²) < 4.78 is 1.72. The Morgan fingerprint density at radius 2 is 1.88 bits per heavy atom. The topological polar surface area (TPSA) is 102 Å². The number of anilines is 1. The van der Waals surface area contributed by atoms with Gasteiger partial charge in [0.1, 0.15) is 5.00 Å². The molecule has 3 aromatic rings. The van der Waals surface area contributed by atoms with Gasteiger partial charge in [-0.1, -0.05) is 12.1 Å². The van der Waals surface area contributed by atoms with Crippen molar-refractivity contribution in [3.8, 4) is 11.4 Å². The molecule has 9 heteroatoms. The number of carbonyl (C=O) groups excluding carboxylic acids is 2. The van der Waals surface area contributed by atoms with Crippen molar-refractivity contribution in [2.24, 2.45) is 0 Å². The smallest absolute Gasteiger partial charge is 0.256 e. The van der Waals surface area contributed by atoms with Gasteiger partial charge in [-0.15, -0.1) is 16.4 Å². The van der Waals surface area contributed by atoms with Crippen molar-refractivity contribution in [1.29, 1.82) is 0 Å². The van der Waals surface area contributed by atoms with E-state index in [0.717, 1.165) is 36.8 Å². The third-order valence-corrected chi connectivity index (χ3v) is 6.62. The third kappa shape index (κ3) is 4.43. The fourth-order valence-electron chi connectivity index (χ4n) is 3.93. The summed E-state index contributed by atoms with van der Waals surface area (Å²) in [6.07, 6.45) is 3.99. The third-order valence-electron chi connectivity index (χ3n) is 5.41. The summed E-state index contributed by atoms with van der Waals surface area (Å²) in [6, 6.07) is 7.35. The van der Waals surface area contributed by atoms with E-state index in [1.54, 1.807) is 16.8 Å². The monoisotopic (exact) mass is 452 g/mol.